The average Bonchev–Trinajstić information content (AvgIpc) is 3.78. The van der Waals surface area contributed by atoms with E-state index in [2.05, 4.69) is 197 Å². The lowest BCUT2D eigenvalue weighted by molar-refractivity contribution is 1.02. The number of fused-ring (bicyclic) bond motifs is 10. The van der Waals surface area contributed by atoms with E-state index in [-0.39, 0.29) is 0 Å². The minimum Gasteiger partial charge on any atom is -0.309 e. The van der Waals surface area contributed by atoms with Gasteiger partial charge in [0.15, 0.2) is 0 Å². The second kappa shape index (κ2) is 12.0. The summed E-state index contributed by atoms with van der Waals surface area (Å²) in [4.78, 5) is 10.6. The lowest BCUT2D eigenvalue weighted by Crippen LogP contribution is -2.03. The fraction of sp³-hybridized carbons (Fsp3) is 0. The van der Waals surface area contributed by atoms with Crippen LogP contribution in [0.3, 0.4) is 0 Å². The molecule has 0 fully saturated rings. The minimum absolute atomic E-state index is 0.661. The van der Waals surface area contributed by atoms with Crippen LogP contribution in [0.15, 0.2) is 194 Å². The molecule has 260 valence electrons. The molecule has 4 nitrogen and oxygen atoms in total. The maximum atomic E-state index is 5.36. The van der Waals surface area contributed by atoms with Crippen molar-refractivity contribution in [1.82, 2.24) is 19.1 Å². The molecule has 0 aliphatic carbocycles. The van der Waals surface area contributed by atoms with E-state index in [0.717, 1.165) is 38.6 Å². The first-order chi connectivity index (χ1) is 27.8. The highest BCUT2D eigenvalue weighted by atomic mass is 15.2. The molecule has 0 aliphatic heterocycles. The van der Waals surface area contributed by atoms with Crippen LogP contribution in [-0.4, -0.2) is 19.1 Å². The standard InChI is InChI=1S/C52H32N4/c1-2-16-34(17-3-1)50-41-24-8-11-25-45(41)53-52(54-50)56-48-27-13-10-22-39(48)44-32-42(37-20-6-7-23-40(37)51(44)56)35-29-30-49-43(31-35)38-21-9-12-26-47(38)55(49)46-28-14-18-33-15-4-5-19-36(33)46/h1-32H. The fourth-order valence-corrected chi connectivity index (χ4v) is 9.05. The van der Waals surface area contributed by atoms with Gasteiger partial charge in [-0.2, -0.15) is 0 Å². The normalized spacial score (nSPS) is 11.9. The van der Waals surface area contributed by atoms with Gasteiger partial charge in [-0.05, 0) is 64.4 Å². The van der Waals surface area contributed by atoms with Crippen LogP contribution in [0.2, 0.25) is 0 Å². The molecule has 0 radical (unpaired) electrons. The van der Waals surface area contributed by atoms with Gasteiger partial charge in [0.25, 0.3) is 0 Å². The van der Waals surface area contributed by atoms with Crippen LogP contribution in [0.4, 0.5) is 0 Å². The maximum Gasteiger partial charge on any atom is 0.235 e. The molecule has 0 aliphatic rings. The van der Waals surface area contributed by atoms with Gasteiger partial charge in [0.1, 0.15) is 0 Å². The van der Waals surface area contributed by atoms with E-state index in [0.29, 0.717) is 5.95 Å². The zero-order valence-electron chi connectivity index (χ0n) is 30.3. The summed E-state index contributed by atoms with van der Waals surface area (Å²) >= 11 is 0. The first-order valence-electron chi connectivity index (χ1n) is 19.1. The van der Waals surface area contributed by atoms with E-state index in [1.807, 2.05) is 6.07 Å². The van der Waals surface area contributed by atoms with Crippen molar-refractivity contribution < 1.29 is 0 Å². The SMILES string of the molecule is c1ccc(-c2nc(-n3c4ccccc4c4cc(-c5ccc6c(c5)c5ccccc5n6-c5cccc6ccccc56)c5ccccc5c43)nc3ccccc23)cc1. The Kier molecular flexibility index (Phi) is 6.60. The maximum absolute atomic E-state index is 5.36. The molecule has 4 heteroatoms. The molecule has 3 aromatic heterocycles. The van der Waals surface area contributed by atoms with E-state index >= 15 is 0 Å². The number of hydrogen-bond acceptors (Lipinski definition) is 2. The Hall–Kier alpha value is -7.56. The van der Waals surface area contributed by atoms with Crippen molar-refractivity contribution in [2.75, 3.05) is 0 Å². The summed E-state index contributed by atoms with van der Waals surface area (Å²) in [5.41, 5.74) is 11.0. The molecule has 0 bridgehead atoms. The van der Waals surface area contributed by atoms with Crippen molar-refractivity contribution in [1.29, 1.82) is 0 Å². The van der Waals surface area contributed by atoms with Gasteiger partial charge in [0, 0.05) is 43.3 Å². The van der Waals surface area contributed by atoms with Gasteiger partial charge in [0.05, 0.1) is 39.0 Å². The van der Waals surface area contributed by atoms with Gasteiger partial charge in [-0.25, -0.2) is 9.97 Å². The number of rotatable bonds is 4. The highest BCUT2D eigenvalue weighted by Gasteiger charge is 2.22. The predicted octanol–water partition coefficient (Wildman–Crippen LogP) is 13.5. The minimum atomic E-state index is 0.661. The Morgan fingerprint density at radius 2 is 0.946 bits per heavy atom. The van der Waals surface area contributed by atoms with Crippen LogP contribution in [0, 0.1) is 0 Å². The third kappa shape index (κ3) is 4.47. The number of hydrogen-bond donors (Lipinski definition) is 0. The molecular weight excluding hydrogens is 681 g/mol. The van der Waals surface area contributed by atoms with Crippen molar-refractivity contribution in [3.63, 3.8) is 0 Å². The summed E-state index contributed by atoms with van der Waals surface area (Å²) in [7, 11) is 0. The molecule has 12 aromatic rings. The smallest absolute Gasteiger partial charge is 0.235 e. The quantitative estimate of drug-likeness (QED) is 0.182. The molecule has 9 aromatic carbocycles. The highest BCUT2D eigenvalue weighted by Crippen LogP contribution is 2.43. The van der Waals surface area contributed by atoms with Crippen LogP contribution < -0.4 is 0 Å². The summed E-state index contributed by atoms with van der Waals surface area (Å²) in [6.07, 6.45) is 0. The van der Waals surface area contributed by atoms with Crippen molar-refractivity contribution >= 4 is 76.1 Å². The first kappa shape index (κ1) is 30.9. The van der Waals surface area contributed by atoms with Gasteiger partial charge in [0.2, 0.25) is 5.95 Å². The lowest BCUT2D eigenvalue weighted by atomic mass is 9.94. The van der Waals surface area contributed by atoms with Crippen molar-refractivity contribution in [2.24, 2.45) is 0 Å². The van der Waals surface area contributed by atoms with Gasteiger partial charge in [-0.3, -0.25) is 4.57 Å². The summed E-state index contributed by atoms with van der Waals surface area (Å²) in [6, 6.07) is 69.7. The van der Waals surface area contributed by atoms with E-state index < -0.39 is 0 Å². The van der Waals surface area contributed by atoms with Crippen LogP contribution in [0.1, 0.15) is 0 Å². The molecule has 56 heavy (non-hydrogen) atoms. The summed E-state index contributed by atoms with van der Waals surface area (Å²) in [5, 5.41) is 10.7. The summed E-state index contributed by atoms with van der Waals surface area (Å²) in [6.45, 7) is 0. The largest absolute Gasteiger partial charge is 0.309 e. The Morgan fingerprint density at radius 3 is 1.77 bits per heavy atom. The topological polar surface area (TPSA) is 35.6 Å². The van der Waals surface area contributed by atoms with Gasteiger partial charge in [-0.1, -0.05) is 152 Å². The third-order valence-electron chi connectivity index (χ3n) is 11.5. The van der Waals surface area contributed by atoms with Crippen LogP contribution in [0.25, 0.3) is 110 Å². The molecule has 0 saturated carbocycles. The molecule has 0 atom stereocenters. The monoisotopic (exact) mass is 712 g/mol. The van der Waals surface area contributed by atoms with E-state index in [1.54, 1.807) is 0 Å². The zero-order valence-corrected chi connectivity index (χ0v) is 30.3. The molecule has 0 spiro atoms. The molecule has 0 N–H and O–H groups in total. The van der Waals surface area contributed by atoms with Gasteiger partial charge >= 0.3 is 0 Å². The van der Waals surface area contributed by atoms with Gasteiger partial charge < -0.3 is 4.57 Å². The number of nitrogens with zero attached hydrogens (tertiary/aromatic N) is 4. The molecule has 0 unspecified atom stereocenters. The zero-order chi connectivity index (χ0) is 36.7. The van der Waals surface area contributed by atoms with E-state index in [9.17, 15) is 0 Å². The van der Waals surface area contributed by atoms with Crippen LogP contribution in [0.5, 0.6) is 0 Å². The molecule has 0 amide bonds. The molecule has 3 heterocycles. The Bertz CT molecular complexity index is 3530. The first-order valence-corrected chi connectivity index (χ1v) is 19.1. The highest BCUT2D eigenvalue weighted by molar-refractivity contribution is 6.22. The second-order valence-corrected chi connectivity index (χ2v) is 14.6. The number of para-hydroxylation sites is 3. The Balaban J connectivity index is 1.14. The summed E-state index contributed by atoms with van der Waals surface area (Å²) < 4.78 is 4.70. The van der Waals surface area contributed by atoms with Crippen molar-refractivity contribution in [3.8, 4) is 34.0 Å². The number of benzene rings is 9. The van der Waals surface area contributed by atoms with Gasteiger partial charge in [-0.15, -0.1) is 0 Å². The Morgan fingerprint density at radius 1 is 0.339 bits per heavy atom. The van der Waals surface area contributed by atoms with Crippen molar-refractivity contribution in [3.05, 3.63) is 194 Å². The van der Waals surface area contributed by atoms with Crippen LogP contribution >= 0.6 is 0 Å². The molecular formula is C52H32N4. The average molecular weight is 713 g/mol. The third-order valence-corrected chi connectivity index (χ3v) is 11.5. The lowest BCUT2D eigenvalue weighted by Gasteiger charge is -2.14. The fourth-order valence-electron chi connectivity index (χ4n) is 9.05. The second-order valence-electron chi connectivity index (χ2n) is 14.6. The Labute approximate surface area is 322 Å². The van der Waals surface area contributed by atoms with Crippen LogP contribution in [-0.2, 0) is 0 Å². The van der Waals surface area contributed by atoms with E-state index in [4.69, 9.17) is 9.97 Å². The predicted molar refractivity (Wildman–Crippen MR) is 234 cm³/mol. The summed E-state index contributed by atoms with van der Waals surface area (Å²) in [5.74, 6) is 0.661. The van der Waals surface area contributed by atoms with Crippen molar-refractivity contribution in [2.45, 2.75) is 0 Å². The molecule has 12 rings (SSSR count). The number of aromatic nitrogens is 4. The van der Waals surface area contributed by atoms with E-state index in [1.165, 1.54) is 65.6 Å². The molecule has 0 saturated heterocycles.